The van der Waals surface area contributed by atoms with Crippen LogP contribution in [0.3, 0.4) is 0 Å². The van der Waals surface area contributed by atoms with Gasteiger partial charge in [-0.05, 0) is 18.3 Å². The molecule has 1 aliphatic rings. The van der Waals surface area contributed by atoms with Crippen molar-refractivity contribution < 1.29 is 4.74 Å². The average molecular weight is 272 g/mol. The van der Waals surface area contributed by atoms with Gasteiger partial charge in [-0.15, -0.1) is 0 Å². The fraction of sp³-hybridized carbons (Fsp3) is 0.636. The highest BCUT2D eigenvalue weighted by atomic mass is 35.5. The molecule has 0 aromatic carbocycles. The molecule has 92 valence electrons. The standard InChI is InChI=1S/C11H14ClN3OS/c1-11(2-4-16-5-3-11)7-14-10-15-9(12)8(6-13)17-10/h2-5,7H2,1H3,(H,14,15). The number of rotatable bonds is 3. The normalized spacial score (nSPS) is 18.6. The smallest absolute Gasteiger partial charge is 0.185 e. The van der Waals surface area contributed by atoms with E-state index in [2.05, 4.69) is 17.2 Å². The molecule has 2 heterocycles. The van der Waals surface area contributed by atoms with E-state index in [0.717, 1.165) is 37.7 Å². The average Bonchev–Trinajstić information content (AvgIpc) is 2.68. The van der Waals surface area contributed by atoms with E-state index < -0.39 is 0 Å². The van der Waals surface area contributed by atoms with Crippen molar-refractivity contribution in [3.63, 3.8) is 0 Å². The first-order valence-corrected chi connectivity index (χ1v) is 6.70. The van der Waals surface area contributed by atoms with Gasteiger partial charge in [0.25, 0.3) is 0 Å². The maximum atomic E-state index is 8.79. The lowest BCUT2D eigenvalue weighted by Crippen LogP contribution is -2.33. The van der Waals surface area contributed by atoms with E-state index in [1.165, 1.54) is 11.3 Å². The number of aromatic nitrogens is 1. The summed E-state index contributed by atoms with van der Waals surface area (Å²) >= 11 is 7.12. The van der Waals surface area contributed by atoms with Crippen LogP contribution in [0.1, 0.15) is 24.6 Å². The van der Waals surface area contributed by atoms with Crippen molar-refractivity contribution in [2.24, 2.45) is 5.41 Å². The Labute approximate surface area is 110 Å². The number of hydrogen-bond donors (Lipinski definition) is 1. The van der Waals surface area contributed by atoms with E-state index in [4.69, 9.17) is 21.6 Å². The van der Waals surface area contributed by atoms with Crippen molar-refractivity contribution in [2.45, 2.75) is 19.8 Å². The molecule has 4 nitrogen and oxygen atoms in total. The molecule has 1 aliphatic heterocycles. The quantitative estimate of drug-likeness (QED) is 0.918. The summed E-state index contributed by atoms with van der Waals surface area (Å²) in [6, 6.07) is 2.03. The van der Waals surface area contributed by atoms with E-state index in [0.29, 0.717) is 4.88 Å². The Morgan fingerprint density at radius 2 is 2.29 bits per heavy atom. The molecule has 1 fully saturated rings. The van der Waals surface area contributed by atoms with Crippen LogP contribution in [0.25, 0.3) is 0 Å². The third-order valence-electron chi connectivity index (χ3n) is 3.05. The molecule has 0 bridgehead atoms. The fourth-order valence-corrected chi connectivity index (χ4v) is 2.72. The zero-order valence-electron chi connectivity index (χ0n) is 9.62. The summed E-state index contributed by atoms with van der Waals surface area (Å²) in [6.07, 6.45) is 2.09. The minimum absolute atomic E-state index is 0.239. The number of nitrogens with zero attached hydrogens (tertiary/aromatic N) is 2. The minimum atomic E-state index is 0.239. The molecule has 0 radical (unpaired) electrons. The SMILES string of the molecule is CC1(CNc2nc(Cl)c(C#N)s2)CCOCC1. The molecule has 0 spiro atoms. The number of halogens is 1. The first-order valence-electron chi connectivity index (χ1n) is 5.51. The van der Waals surface area contributed by atoms with Crippen LogP contribution in [-0.4, -0.2) is 24.7 Å². The van der Waals surface area contributed by atoms with Gasteiger partial charge in [-0.25, -0.2) is 4.98 Å². The summed E-state index contributed by atoms with van der Waals surface area (Å²) in [5.74, 6) is 0. The van der Waals surface area contributed by atoms with Gasteiger partial charge in [-0.1, -0.05) is 29.9 Å². The Kier molecular flexibility index (Phi) is 3.87. The third kappa shape index (κ3) is 3.09. The number of anilines is 1. The molecule has 1 aromatic rings. The van der Waals surface area contributed by atoms with Crippen LogP contribution in [-0.2, 0) is 4.74 Å². The van der Waals surface area contributed by atoms with Crippen molar-refractivity contribution in [1.29, 1.82) is 5.26 Å². The Morgan fingerprint density at radius 3 is 2.88 bits per heavy atom. The molecular formula is C11H14ClN3OS. The first-order chi connectivity index (χ1) is 8.13. The van der Waals surface area contributed by atoms with Gasteiger partial charge in [0, 0.05) is 19.8 Å². The summed E-state index contributed by atoms with van der Waals surface area (Å²) in [5.41, 5.74) is 0.239. The number of thiazole rings is 1. The lowest BCUT2D eigenvalue weighted by atomic mass is 9.82. The van der Waals surface area contributed by atoms with Gasteiger partial charge in [0.2, 0.25) is 0 Å². The third-order valence-corrected chi connectivity index (χ3v) is 4.36. The second kappa shape index (κ2) is 5.21. The molecule has 0 unspecified atom stereocenters. The summed E-state index contributed by atoms with van der Waals surface area (Å²) in [4.78, 5) is 4.58. The van der Waals surface area contributed by atoms with Gasteiger partial charge in [0.15, 0.2) is 10.3 Å². The van der Waals surface area contributed by atoms with Crippen LogP contribution in [0.2, 0.25) is 5.15 Å². The summed E-state index contributed by atoms with van der Waals surface area (Å²) < 4.78 is 5.35. The zero-order valence-corrected chi connectivity index (χ0v) is 11.2. The number of ether oxygens (including phenoxy) is 1. The van der Waals surface area contributed by atoms with Gasteiger partial charge in [-0.2, -0.15) is 5.26 Å². The molecule has 2 rings (SSSR count). The van der Waals surface area contributed by atoms with Crippen LogP contribution in [0, 0.1) is 16.7 Å². The fourth-order valence-electron chi connectivity index (χ4n) is 1.78. The van der Waals surface area contributed by atoms with Crippen LogP contribution in [0.4, 0.5) is 5.13 Å². The van der Waals surface area contributed by atoms with Gasteiger partial charge < -0.3 is 10.1 Å². The van der Waals surface area contributed by atoms with Gasteiger partial charge in [0.05, 0.1) is 0 Å². The van der Waals surface area contributed by atoms with Crippen LogP contribution < -0.4 is 5.32 Å². The first kappa shape index (κ1) is 12.6. The Morgan fingerprint density at radius 1 is 1.59 bits per heavy atom. The van der Waals surface area contributed by atoms with Crippen molar-refractivity contribution in [3.05, 3.63) is 10.0 Å². The molecular weight excluding hydrogens is 258 g/mol. The highest BCUT2D eigenvalue weighted by molar-refractivity contribution is 7.16. The van der Waals surface area contributed by atoms with Crippen molar-refractivity contribution in [3.8, 4) is 6.07 Å². The Hall–Kier alpha value is -0.830. The van der Waals surface area contributed by atoms with Crippen LogP contribution >= 0.6 is 22.9 Å². The zero-order chi connectivity index (χ0) is 12.3. The Balaban J connectivity index is 1.95. The molecule has 0 atom stereocenters. The van der Waals surface area contributed by atoms with Crippen molar-refractivity contribution in [1.82, 2.24) is 4.98 Å². The second-order valence-electron chi connectivity index (χ2n) is 4.53. The maximum absolute atomic E-state index is 8.79. The van der Waals surface area contributed by atoms with E-state index in [9.17, 15) is 0 Å². The van der Waals surface area contributed by atoms with Crippen LogP contribution in [0.5, 0.6) is 0 Å². The number of nitriles is 1. The number of hydrogen-bond acceptors (Lipinski definition) is 5. The van der Waals surface area contributed by atoms with Gasteiger partial charge in [-0.3, -0.25) is 0 Å². The number of nitrogens with one attached hydrogen (secondary N) is 1. The van der Waals surface area contributed by atoms with E-state index in [1.54, 1.807) is 0 Å². The highest BCUT2D eigenvalue weighted by Gasteiger charge is 2.27. The molecule has 0 saturated carbocycles. The van der Waals surface area contributed by atoms with Crippen molar-refractivity contribution >= 4 is 28.1 Å². The largest absolute Gasteiger partial charge is 0.381 e. The summed E-state index contributed by atoms with van der Waals surface area (Å²) in [6.45, 7) is 4.72. The summed E-state index contributed by atoms with van der Waals surface area (Å²) in [7, 11) is 0. The molecule has 1 N–H and O–H groups in total. The minimum Gasteiger partial charge on any atom is -0.381 e. The van der Waals surface area contributed by atoms with E-state index in [1.807, 2.05) is 6.07 Å². The molecule has 1 saturated heterocycles. The van der Waals surface area contributed by atoms with Crippen LogP contribution in [0.15, 0.2) is 0 Å². The van der Waals surface area contributed by atoms with E-state index >= 15 is 0 Å². The van der Waals surface area contributed by atoms with E-state index in [-0.39, 0.29) is 10.6 Å². The molecule has 0 amide bonds. The molecule has 0 aliphatic carbocycles. The Bertz CT molecular complexity index is 434. The second-order valence-corrected chi connectivity index (χ2v) is 5.88. The molecule has 1 aromatic heterocycles. The summed E-state index contributed by atoms with van der Waals surface area (Å²) in [5, 5.41) is 13.1. The molecule has 6 heteroatoms. The lowest BCUT2D eigenvalue weighted by Gasteiger charge is -2.33. The predicted molar refractivity (Wildman–Crippen MR) is 68.5 cm³/mol. The monoisotopic (exact) mass is 271 g/mol. The van der Waals surface area contributed by atoms with Gasteiger partial charge in [0.1, 0.15) is 10.9 Å². The maximum Gasteiger partial charge on any atom is 0.185 e. The predicted octanol–water partition coefficient (Wildman–Crippen LogP) is 2.90. The van der Waals surface area contributed by atoms with Gasteiger partial charge >= 0.3 is 0 Å². The molecule has 17 heavy (non-hydrogen) atoms. The topological polar surface area (TPSA) is 57.9 Å². The lowest BCUT2D eigenvalue weighted by molar-refractivity contribution is 0.0300. The van der Waals surface area contributed by atoms with Crippen molar-refractivity contribution in [2.75, 3.05) is 25.1 Å². The highest BCUT2D eigenvalue weighted by Crippen LogP contribution is 2.31.